The molecule has 0 unspecified atom stereocenters. The molecule has 0 aromatic heterocycles. The molecule has 0 saturated carbocycles. The van der Waals surface area contributed by atoms with E-state index < -0.39 is 35.1 Å². The van der Waals surface area contributed by atoms with Gasteiger partial charge in [0.05, 0.1) is 18.2 Å². The number of amides is 2. The van der Waals surface area contributed by atoms with Crippen molar-refractivity contribution in [1.29, 1.82) is 0 Å². The van der Waals surface area contributed by atoms with Gasteiger partial charge in [0.15, 0.2) is 0 Å². The highest BCUT2D eigenvalue weighted by Crippen LogP contribution is 2.32. The van der Waals surface area contributed by atoms with E-state index in [1.807, 2.05) is 0 Å². The van der Waals surface area contributed by atoms with Crippen molar-refractivity contribution in [1.82, 2.24) is 5.32 Å². The highest BCUT2D eigenvalue weighted by Gasteiger charge is 2.34. The first-order valence-corrected chi connectivity index (χ1v) is 7.65. The Hall–Kier alpha value is -3.36. The van der Waals surface area contributed by atoms with Crippen LogP contribution in [0, 0.1) is 0 Å². The van der Waals surface area contributed by atoms with Crippen LogP contribution in [0.1, 0.15) is 26.3 Å². The molecule has 27 heavy (non-hydrogen) atoms. The zero-order valence-corrected chi connectivity index (χ0v) is 14.1. The van der Waals surface area contributed by atoms with Crippen LogP contribution >= 0.6 is 0 Å². The van der Waals surface area contributed by atoms with Gasteiger partial charge in [-0.15, -0.1) is 0 Å². The third-order valence-corrected chi connectivity index (χ3v) is 3.50. The van der Waals surface area contributed by atoms with E-state index in [2.05, 4.69) is 15.4 Å². The molecule has 0 heterocycles. The summed E-state index contributed by atoms with van der Waals surface area (Å²) in [5.41, 5.74) is -1.14. The first-order chi connectivity index (χ1) is 12.7. The first-order valence-electron chi connectivity index (χ1n) is 7.65. The van der Waals surface area contributed by atoms with Crippen LogP contribution in [-0.2, 0) is 15.7 Å². The minimum atomic E-state index is -4.66. The average Bonchev–Trinajstić information content (AvgIpc) is 2.65. The van der Waals surface area contributed by atoms with Gasteiger partial charge in [-0.25, -0.2) is 0 Å². The molecule has 0 fully saturated rings. The highest BCUT2D eigenvalue weighted by molar-refractivity contribution is 6.05. The Morgan fingerprint density at radius 3 is 2.19 bits per heavy atom. The Kier molecular flexibility index (Phi) is 6.17. The molecular formula is C18H15F3N2O4. The zero-order chi connectivity index (χ0) is 20.0. The quantitative estimate of drug-likeness (QED) is 0.782. The van der Waals surface area contributed by atoms with Gasteiger partial charge in [0.25, 0.3) is 11.8 Å². The van der Waals surface area contributed by atoms with Gasteiger partial charge in [-0.05, 0) is 36.4 Å². The Bertz CT molecular complexity index is 848. The molecule has 2 amide bonds. The molecular weight excluding hydrogens is 365 g/mol. The maximum Gasteiger partial charge on any atom is 0.417 e. The Morgan fingerprint density at radius 2 is 1.59 bits per heavy atom. The van der Waals surface area contributed by atoms with Gasteiger partial charge in [-0.2, -0.15) is 13.2 Å². The highest BCUT2D eigenvalue weighted by atomic mass is 19.4. The van der Waals surface area contributed by atoms with Crippen molar-refractivity contribution >= 4 is 23.5 Å². The van der Waals surface area contributed by atoms with E-state index in [4.69, 9.17) is 0 Å². The summed E-state index contributed by atoms with van der Waals surface area (Å²) in [7, 11) is 1.18. The van der Waals surface area contributed by atoms with Crippen LogP contribution in [0.25, 0.3) is 0 Å². The minimum absolute atomic E-state index is 0.201. The van der Waals surface area contributed by atoms with Gasteiger partial charge in [-0.3, -0.25) is 14.4 Å². The second-order valence-corrected chi connectivity index (χ2v) is 5.33. The molecule has 0 aliphatic rings. The molecule has 2 rings (SSSR count). The molecule has 0 aliphatic heterocycles. The zero-order valence-electron chi connectivity index (χ0n) is 14.1. The summed E-state index contributed by atoms with van der Waals surface area (Å²) in [5, 5.41) is 4.69. The molecule has 2 aromatic carbocycles. The number of alkyl halides is 3. The number of carbonyl (C=O) groups is 3. The second-order valence-electron chi connectivity index (χ2n) is 5.33. The predicted octanol–water partition coefficient (Wildman–Crippen LogP) is 2.86. The monoisotopic (exact) mass is 380 g/mol. The fourth-order valence-corrected chi connectivity index (χ4v) is 2.16. The van der Waals surface area contributed by atoms with E-state index in [1.54, 1.807) is 0 Å². The molecule has 6 nitrogen and oxygen atoms in total. The number of anilines is 1. The van der Waals surface area contributed by atoms with Crippen molar-refractivity contribution in [3.63, 3.8) is 0 Å². The SMILES string of the molecule is COC(=O)CNC(=O)c1ccc(NC(=O)c2ccccc2C(F)(F)F)cc1. The van der Waals surface area contributed by atoms with E-state index >= 15 is 0 Å². The number of ether oxygens (including phenoxy) is 1. The molecule has 0 saturated heterocycles. The maximum atomic E-state index is 13.0. The van der Waals surface area contributed by atoms with Crippen molar-refractivity contribution < 1.29 is 32.3 Å². The van der Waals surface area contributed by atoms with Crippen LogP contribution in [0.3, 0.4) is 0 Å². The van der Waals surface area contributed by atoms with Crippen LogP contribution in [-0.4, -0.2) is 31.4 Å². The summed E-state index contributed by atoms with van der Waals surface area (Å²) < 4.78 is 43.4. The number of carbonyl (C=O) groups excluding carboxylic acids is 3. The molecule has 0 atom stereocenters. The molecule has 2 aromatic rings. The molecule has 0 aliphatic carbocycles. The van der Waals surface area contributed by atoms with Gasteiger partial charge in [0.2, 0.25) is 0 Å². The van der Waals surface area contributed by atoms with Crippen LogP contribution in [0.4, 0.5) is 18.9 Å². The number of hydrogen-bond donors (Lipinski definition) is 2. The first kappa shape index (κ1) is 20.0. The number of benzene rings is 2. The van der Waals surface area contributed by atoms with Crippen LogP contribution in [0.15, 0.2) is 48.5 Å². The summed E-state index contributed by atoms with van der Waals surface area (Å²) in [6, 6.07) is 9.87. The Morgan fingerprint density at radius 1 is 0.963 bits per heavy atom. The van der Waals surface area contributed by atoms with Crippen molar-refractivity contribution in [2.45, 2.75) is 6.18 Å². The van der Waals surface area contributed by atoms with Gasteiger partial charge < -0.3 is 15.4 Å². The Balaban J connectivity index is 2.08. The molecule has 0 radical (unpaired) electrons. The van der Waals surface area contributed by atoms with E-state index in [1.165, 1.54) is 43.5 Å². The van der Waals surface area contributed by atoms with E-state index in [9.17, 15) is 27.6 Å². The van der Waals surface area contributed by atoms with Crippen molar-refractivity contribution in [3.05, 3.63) is 65.2 Å². The number of esters is 1. The van der Waals surface area contributed by atoms with Crippen LogP contribution in [0.5, 0.6) is 0 Å². The van der Waals surface area contributed by atoms with Crippen LogP contribution in [0.2, 0.25) is 0 Å². The minimum Gasteiger partial charge on any atom is -0.468 e. The number of methoxy groups -OCH3 is 1. The number of nitrogens with one attached hydrogen (secondary N) is 2. The van der Waals surface area contributed by atoms with E-state index in [0.717, 1.165) is 12.1 Å². The lowest BCUT2D eigenvalue weighted by atomic mass is 10.1. The van der Waals surface area contributed by atoms with Gasteiger partial charge in [0, 0.05) is 11.3 Å². The average molecular weight is 380 g/mol. The number of rotatable bonds is 5. The third kappa shape index (κ3) is 5.30. The largest absolute Gasteiger partial charge is 0.468 e. The smallest absolute Gasteiger partial charge is 0.417 e. The van der Waals surface area contributed by atoms with Gasteiger partial charge in [-0.1, -0.05) is 12.1 Å². The summed E-state index contributed by atoms with van der Waals surface area (Å²) in [5.74, 6) is -2.08. The third-order valence-electron chi connectivity index (χ3n) is 3.50. The summed E-state index contributed by atoms with van der Waals surface area (Å²) in [6.45, 7) is -0.304. The predicted molar refractivity (Wildman–Crippen MR) is 90.2 cm³/mol. The topological polar surface area (TPSA) is 84.5 Å². The fraction of sp³-hybridized carbons (Fsp3) is 0.167. The summed E-state index contributed by atoms with van der Waals surface area (Å²) in [6.07, 6.45) is -4.66. The molecule has 9 heteroatoms. The summed E-state index contributed by atoms with van der Waals surface area (Å²) >= 11 is 0. The second kappa shape index (κ2) is 8.35. The number of hydrogen-bond acceptors (Lipinski definition) is 4. The Labute approximate surface area is 152 Å². The van der Waals surface area contributed by atoms with Crippen molar-refractivity contribution in [2.75, 3.05) is 19.0 Å². The maximum absolute atomic E-state index is 13.0. The summed E-state index contributed by atoms with van der Waals surface area (Å²) in [4.78, 5) is 35.0. The standard InChI is InChI=1S/C18H15F3N2O4/c1-27-15(24)10-22-16(25)11-6-8-12(9-7-11)23-17(26)13-4-2-3-5-14(13)18(19,20)21/h2-9H,10H2,1H3,(H,22,25)(H,23,26). The van der Waals surface area contributed by atoms with Gasteiger partial charge in [0.1, 0.15) is 6.54 Å². The lowest BCUT2D eigenvalue weighted by molar-refractivity contribution is -0.139. The lowest BCUT2D eigenvalue weighted by Gasteiger charge is -2.13. The lowest BCUT2D eigenvalue weighted by Crippen LogP contribution is -2.30. The van der Waals surface area contributed by atoms with Crippen molar-refractivity contribution in [3.8, 4) is 0 Å². The molecule has 0 bridgehead atoms. The van der Waals surface area contributed by atoms with Crippen LogP contribution < -0.4 is 10.6 Å². The van der Waals surface area contributed by atoms with Crippen molar-refractivity contribution in [2.24, 2.45) is 0 Å². The van der Waals surface area contributed by atoms with Gasteiger partial charge >= 0.3 is 12.1 Å². The molecule has 142 valence electrons. The molecule has 0 spiro atoms. The number of halogens is 3. The molecule has 2 N–H and O–H groups in total. The normalized spacial score (nSPS) is 10.8. The van der Waals surface area contributed by atoms with E-state index in [-0.39, 0.29) is 17.8 Å². The van der Waals surface area contributed by atoms with E-state index in [0.29, 0.717) is 0 Å². The fourth-order valence-electron chi connectivity index (χ4n) is 2.16.